The summed E-state index contributed by atoms with van der Waals surface area (Å²) < 4.78 is 1.98. The zero-order valence-electron chi connectivity index (χ0n) is 13.7. The topological polar surface area (TPSA) is 38.0 Å². The van der Waals surface area contributed by atoms with Crippen molar-refractivity contribution in [3.63, 3.8) is 0 Å². The molecule has 2 unspecified atom stereocenters. The maximum atomic E-state index is 10.9. The summed E-state index contributed by atoms with van der Waals surface area (Å²) in [5, 5.41) is 15.5. The molecule has 114 valence electrons. The number of hydrogen-bond donors (Lipinski definition) is 1. The first-order valence-corrected chi connectivity index (χ1v) is 7.67. The van der Waals surface area contributed by atoms with E-state index in [1.165, 1.54) is 5.56 Å². The zero-order valence-corrected chi connectivity index (χ0v) is 13.7. The van der Waals surface area contributed by atoms with Crippen molar-refractivity contribution in [2.75, 3.05) is 0 Å². The molecule has 1 N–H and O–H groups in total. The number of aryl methyl sites for hydroxylation is 2. The summed E-state index contributed by atoms with van der Waals surface area (Å²) >= 11 is 0. The molecule has 0 aliphatic heterocycles. The number of rotatable bonds is 5. The van der Waals surface area contributed by atoms with Crippen LogP contribution < -0.4 is 0 Å². The van der Waals surface area contributed by atoms with Gasteiger partial charge in [-0.1, -0.05) is 30.7 Å². The number of nitrogens with zero attached hydrogens (tertiary/aromatic N) is 2. The molecule has 0 saturated heterocycles. The lowest BCUT2D eigenvalue weighted by Crippen LogP contribution is -2.26. The van der Waals surface area contributed by atoms with E-state index < -0.39 is 5.60 Å². The third kappa shape index (κ3) is 3.53. The SMILES string of the molecule is CCC(C)n1ccc(CC(C)(O)c2cc(C)ccc2C)n1. The largest absolute Gasteiger partial charge is 0.385 e. The Kier molecular flexibility index (Phi) is 4.52. The van der Waals surface area contributed by atoms with Crippen LogP contribution in [0.25, 0.3) is 0 Å². The average Bonchev–Trinajstić information content (AvgIpc) is 2.88. The van der Waals surface area contributed by atoms with E-state index in [2.05, 4.69) is 44.1 Å². The molecule has 0 amide bonds. The van der Waals surface area contributed by atoms with Gasteiger partial charge in [0.2, 0.25) is 0 Å². The number of benzene rings is 1. The van der Waals surface area contributed by atoms with Gasteiger partial charge in [-0.05, 0) is 51.3 Å². The van der Waals surface area contributed by atoms with Crippen LogP contribution in [-0.2, 0) is 12.0 Å². The maximum Gasteiger partial charge on any atom is 0.0927 e. The number of aromatic nitrogens is 2. The monoisotopic (exact) mass is 286 g/mol. The van der Waals surface area contributed by atoms with Gasteiger partial charge in [-0.3, -0.25) is 4.68 Å². The average molecular weight is 286 g/mol. The van der Waals surface area contributed by atoms with Crippen molar-refractivity contribution >= 4 is 0 Å². The number of aliphatic hydroxyl groups is 1. The Bertz CT molecular complexity index is 613. The van der Waals surface area contributed by atoms with Crippen molar-refractivity contribution < 1.29 is 5.11 Å². The van der Waals surface area contributed by atoms with Gasteiger partial charge in [-0.25, -0.2) is 0 Å². The zero-order chi connectivity index (χ0) is 15.6. The standard InChI is InChI=1S/C18H26N2O/c1-6-15(4)20-10-9-16(19-20)12-18(5,21)17-11-13(2)7-8-14(17)3/h7-11,15,21H,6,12H2,1-5H3. The first-order valence-electron chi connectivity index (χ1n) is 7.67. The fourth-order valence-corrected chi connectivity index (χ4v) is 2.67. The summed E-state index contributed by atoms with van der Waals surface area (Å²) in [4.78, 5) is 0. The van der Waals surface area contributed by atoms with E-state index in [-0.39, 0.29) is 0 Å². The lowest BCUT2D eigenvalue weighted by molar-refractivity contribution is 0.0556. The van der Waals surface area contributed by atoms with Crippen molar-refractivity contribution in [2.45, 2.75) is 59.1 Å². The van der Waals surface area contributed by atoms with Crippen molar-refractivity contribution in [3.8, 4) is 0 Å². The fraction of sp³-hybridized carbons (Fsp3) is 0.500. The molecule has 21 heavy (non-hydrogen) atoms. The highest BCUT2D eigenvalue weighted by Crippen LogP contribution is 2.28. The van der Waals surface area contributed by atoms with Gasteiger partial charge >= 0.3 is 0 Å². The van der Waals surface area contributed by atoms with Crippen molar-refractivity contribution in [1.29, 1.82) is 0 Å². The van der Waals surface area contributed by atoms with Gasteiger partial charge in [-0.15, -0.1) is 0 Å². The molecule has 2 atom stereocenters. The van der Waals surface area contributed by atoms with Crippen LogP contribution >= 0.6 is 0 Å². The van der Waals surface area contributed by atoms with Crippen LogP contribution in [0, 0.1) is 13.8 Å². The van der Waals surface area contributed by atoms with Crippen LogP contribution in [0.4, 0.5) is 0 Å². The molecule has 2 rings (SSSR count). The van der Waals surface area contributed by atoms with Gasteiger partial charge in [0.25, 0.3) is 0 Å². The molecule has 1 aromatic heterocycles. The van der Waals surface area contributed by atoms with E-state index in [1.54, 1.807) is 0 Å². The van der Waals surface area contributed by atoms with Gasteiger partial charge < -0.3 is 5.11 Å². The molecule has 0 aliphatic rings. The normalized spacial score (nSPS) is 15.7. The summed E-state index contributed by atoms with van der Waals surface area (Å²) in [6.45, 7) is 10.3. The van der Waals surface area contributed by atoms with E-state index in [0.717, 1.165) is 23.2 Å². The molecule has 0 fully saturated rings. The highest BCUT2D eigenvalue weighted by molar-refractivity contribution is 5.35. The molecule has 0 saturated carbocycles. The Balaban J connectivity index is 2.24. The Labute approximate surface area is 127 Å². The van der Waals surface area contributed by atoms with Gasteiger partial charge in [0.1, 0.15) is 0 Å². The fourth-order valence-electron chi connectivity index (χ4n) is 2.67. The molecule has 0 spiro atoms. The van der Waals surface area contributed by atoms with Crippen LogP contribution in [0.2, 0.25) is 0 Å². The summed E-state index contributed by atoms with van der Waals surface area (Å²) in [7, 11) is 0. The molecule has 1 heterocycles. The lowest BCUT2D eigenvalue weighted by Gasteiger charge is -2.25. The number of hydrogen-bond acceptors (Lipinski definition) is 2. The summed E-state index contributed by atoms with van der Waals surface area (Å²) in [6, 6.07) is 8.61. The van der Waals surface area contributed by atoms with Crippen molar-refractivity contribution in [1.82, 2.24) is 9.78 Å². The molecule has 3 nitrogen and oxygen atoms in total. The van der Waals surface area contributed by atoms with Gasteiger partial charge in [0.15, 0.2) is 0 Å². The molecule has 0 bridgehead atoms. The Hall–Kier alpha value is -1.61. The van der Waals surface area contributed by atoms with E-state index >= 15 is 0 Å². The molecular weight excluding hydrogens is 260 g/mol. The molecule has 2 aromatic rings. The first-order chi connectivity index (χ1) is 9.83. The quantitative estimate of drug-likeness (QED) is 0.904. The van der Waals surface area contributed by atoms with Crippen LogP contribution in [-0.4, -0.2) is 14.9 Å². The molecule has 3 heteroatoms. The molecule has 1 aromatic carbocycles. The van der Waals surface area contributed by atoms with Crippen LogP contribution in [0.15, 0.2) is 30.5 Å². The maximum absolute atomic E-state index is 10.9. The van der Waals surface area contributed by atoms with E-state index in [9.17, 15) is 5.11 Å². The van der Waals surface area contributed by atoms with Gasteiger partial charge in [0, 0.05) is 18.7 Å². The third-order valence-electron chi connectivity index (χ3n) is 4.20. The second-order valence-corrected chi connectivity index (χ2v) is 6.31. The second kappa shape index (κ2) is 6.02. The Morgan fingerprint density at radius 3 is 2.67 bits per heavy atom. The molecular formula is C18H26N2O. The highest BCUT2D eigenvalue weighted by atomic mass is 16.3. The van der Waals surface area contributed by atoms with Gasteiger partial charge in [-0.2, -0.15) is 5.10 Å². The van der Waals surface area contributed by atoms with Crippen molar-refractivity contribution in [2.24, 2.45) is 0 Å². The minimum atomic E-state index is -0.898. The molecule has 0 radical (unpaired) electrons. The summed E-state index contributed by atoms with van der Waals surface area (Å²) in [5.74, 6) is 0. The van der Waals surface area contributed by atoms with Crippen LogP contribution in [0.1, 0.15) is 55.6 Å². The first kappa shape index (κ1) is 15.8. The van der Waals surface area contributed by atoms with E-state index in [1.807, 2.05) is 30.8 Å². The van der Waals surface area contributed by atoms with E-state index in [0.29, 0.717) is 12.5 Å². The predicted molar refractivity (Wildman–Crippen MR) is 86.4 cm³/mol. The van der Waals surface area contributed by atoms with Crippen LogP contribution in [0.3, 0.4) is 0 Å². The van der Waals surface area contributed by atoms with Crippen molar-refractivity contribution in [3.05, 3.63) is 52.8 Å². The Morgan fingerprint density at radius 1 is 1.29 bits per heavy atom. The molecule has 0 aliphatic carbocycles. The van der Waals surface area contributed by atoms with Gasteiger partial charge in [0.05, 0.1) is 11.3 Å². The minimum Gasteiger partial charge on any atom is -0.385 e. The smallest absolute Gasteiger partial charge is 0.0927 e. The lowest BCUT2D eigenvalue weighted by atomic mass is 9.87. The Morgan fingerprint density at radius 2 is 2.00 bits per heavy atom. The minimum absolute atomic E-state index is 0.393. The third-order valence-corrected chi connectivity index (χ3v) is 4.20. The predicted octanol–water partition coefficient (Wildman–Crippen LogP) is 3.92. The summed E-state index contributed by atoms with van der Waals surface area (Å²) in [5.41, 5.74) is 3.31. The van der Waals surface area contributed by atoms with E-state index in [4.69, 9.17) is 0 Å². The van der Waals surface area contributed by atoms with Crippen LogP contribution in [0.5, 0.6) is 0 Å². The summed E-state index contributed by atoms with van der Waals surface area (Å²) in [6.07, 6.45) is 3.58. The highest BCUT2D eigenvalue weighted by Gasteiger charge is 2.26. The second-order valence-electron chi connectivity index (χ2n) is 6.31.